The summed E-state index contributed by atoms with van der Waals surface area (Å²) in [5, 5.41) is 3.98. The van der Waals surface area contributed by atoms with Crippen molar-refractivity contribution in [2.45, 2.75) is 0 Å². The maximum Gasteiger partial charge on any atom is 0.344 e. The molecule has 0 aliphatic rings. The van der Waals surface area contributed by atoms with Crippen molar-refractivity contribution < 1.29 is 23.8 Å². The highest BCUT2D eigenvalue weighted by atomic mass is 16.6. The van der Waals surface area contributed by atoms with Crippen LogP contribution in [-0.4, -0.2) is 32.1 Å². The summed E-state index contributed by atoms with van der Waals surface area (Å²) in [5.74, 6) is 0.456. The number of fused-ring (bicyclic) bond motifs is 2. The number of ketones is 1. The fourth-order valence-corrected chi connectivity index (χ4v) is 3.19. The number of methoxy groups -OCH3 is 1. The first-order valence-electron chi connectivity index (χ1n) is 9.50. The predicted octanol–water partition coefficient (Wildman–Crippen LogP) is 4.81. The zero-order valence-electron chi connectivity index (χ0n) is 16.5. The molecular weight excluding hydrogens is 380 g/mol. The maximum absolute atomic E-state index is 12.4. The highest BCUT2D eigenvalue weighted by Gasteiger charge is 2.12. The number of ether oxygens (including phenoxy) is 3. The van der Waals surface area contributed by atoms with Crippen LogP contribution in [0.25, 0.3) is 21.5 Å². The van der Waals surface area contributed by atoms with Crippen LogP contribution in [0.5, 0.6) is 11.5 Å². The summed E-state index contributed by atoms with van der Waals surface area (Å²) in [4.78, 5) is 24.4. The molecule has 0 radical (unpaired) electrons. The SMILES string of the molecule is COc1ccc2cc(C(=O)COC(=O)COc3ccc4ccccc4c3)ccc2c1. The third-order valence-electron chi connectivity index (χ3n) is 4.81. The largest absolute Gasteiger partial charge is 0.497 e. The Balaban J connectivity index is 1.32. The van der Waals surface area contributed by atoms with E-state index in [0.717, 1.165) is 27.3 Å². The highest BCUT2D eigenvalue weighted by Crippen LogP contribution is 2.22. The average molecular weight is 400 g/mol. The Kier molecular flexibility index (Phi) is 5.61. The van der Waals surface area contributed by atoms with Gasteiger partial charge in [0, 0.05) is 5.56 Å². The molecule has 5 nitrogen and oxygen atoms in total. The molecule has 0 unspecified atom stereocenters. The lowest BCUT2D eigenvalue weighted by Crippen LogP contribution is -2.19. The molecule has 0 spiro atoms. The van der Waals surface area contributed by atoms with Crippen LogP contribution in [0.3, 0.4) is 0 Å². The molecule has 0 fully saturated rings. The summed E-state index contributed by atoms with van der Waals surface area (Å²) in [6.45, 7) is -0.593. The molecule has 5 heteroatoms. The van der Waals surface area contributed by atoms with Crippen LogP contribution in [-0.2, 0) is 9.53 Å². The topological polar surface area (TPSA) is 61.8 Å². The predicted molar refractivity (Wildman–Crippen MR) is 115 cm³/mol. The first-order valence-corrected chi connectivity index (χ1v) is 9.50. The summed E-state index contributed by atoms with van der Waals surface area (Å²) in [6, 6.07) is 24.4. The van der Waals surface area contributed by atoms with Gasteiger partial charge in [-0.05, 0) is 51.9 Å². The fourth-order valence-electron chi connectivity index (χ4n) is 3.19. The Morgan fingerprint density at radius 3 is 2.17 bits per heavy atom. The first kappa shape index (κ1) is 19.5. The number of hydrogen-bond donors (Lipinski definition) is 0. The lowest BCUT2D eigenvalue weighted by molar-refractivity contribution is -0.144. The fraction of sp³-hybridized carbons (Fsp3) is 0.120. The number of benzene rings is 4. The first-order chi connectivity index (χ1) is 14.6. The molecule has 0 N–H and O–H groups in total. The van der Waals surface area contributed by atoms with Gasteiger partial charge in [0.25, 0.3) is 0 Å². The minimum absolute atomic E-state index is 0.261. The zero-order chi connectivity index (χ0) is 20.9. The molecule has 0 bridgehead atoms. The molecular formula is C25H20O5. The van der Waals surface area contributed by atoms with Gasteiger partial charge in [-0.2, -0.15) is 0 Å². The number of rotatable bonds is 7. The molecule has 0 heterocycles. The van der Waals surface area contributed by atoms with E-state index in [1.807, 2.05) is 60.7 Å². The van der Waals surface area contributed by atoms with Crippen LogP contribution in [0.15, 0.2) is 78.9 Å². The van der Waals surface area contributed by atoms with Crippen LogP contribution in [0, 0.1) is 0 Å². The maximum atomic E-state index is 12.4. The van der Waals surface area contributed by atoms with Crippen LogP contribution in [0.2, 0.25) is 0 Å². The smallest absolute Gasteiger partial charge is 0.344 e. The number of carbonyl (C=O) groups excluding carboxylic acids is 2. The highest BCUT2D eigenvalue weighted by molar-refractivity contribution is 6.01. The van der Waals surface area contributed by atoms with E-state index in [4.69, 9.17) is 14.2 Å². The second kappa shape index (κ2) is 8.66. The molecule has 150 valence electrons. The van der Waals surface area contributed by atoms with E-state index < -0.39 is 5.97 Å². The Hall–Kier alpha value is -3.86. The van der Waals surface area contributed by atoms with Gasteiger partial charge >= 0.3 is 5.97 Å². The number of esters is 1. The van der Waals surface area contributed by atoms with Gasteiger partial charge in [0.05, 0.1) is 7.11 Å². The van der Waals surface area contributed by atoms with Crippen molar-refractivity contribution in [3.8, 4) is 11.5 Å². The Bertz CT molecular complexity index is 1230. The van der Waals surface area contributed by atoms with E-state index in [0.29, 0.717) is 11.3 Å². The minimum atomic E-state index is -0.595. The summed E-state index contributed by atoms with van der Waals surface area (Å²) in [5.41, 5.74) is 0.482. The van der Waals surface area contributed by atoms with E-state index in [-0.39, 0.29) is 19.0 Å². The Morgan fingerprint density at radius 2 is 1.33 bits per heavy atom. The molecule has 4 rings (SSSR count). The molecule has 0 aliphatic heterocycles. The number of hydrogen-bond acceptors (Lipinski definition) is 5. The summed E-state index contributed by atoms with van der Waals surface area (Å²) < 4.78 is 15.8. The molecule has 30 heavy (non-hydrogen) atoms. The van der Waals surface area contributed by atoms with Crippen LogP contribution < -0.4 is 9.47 Å². The quantitative estimate of drug-likeness (QED) is 0.329. The number of carbonyl (C=O) groups is 2. The molecule has 0 saturated heterocycles. The van der Waals surface area contributed by atoms with Crippen molar-refractivity contribution in [2.24, 2.45) is 0 Å². The van der Waals surface area contributed by atoms with Crippen molar-refractivity contribution >= 4 is 33.3 Å². The monoisotopic (exact) mass is 400 g/mol. The molecule has 0 amide bonds. The third kappa shape index (κ3) is 4.41. The van der Waals surface area contributed by atoms with Crippen LogP contribution in [0.4, 0.5) is 0 Å². The summed E-state index contributed by atoms with van der Waals surface area (Å²) in [7, 11) is 1.61. The Morgan fingerprint density at radius 1 is 0.700 bits per heavy atom. The van der Waals surface area contributed by atoms with Crippen molar-refractivity contribution in [1.82, 2.24) is 0 Å². The molecule has 4 aromatic carbocycles. The second-order valence-electron chi connectivity index (χ2n) is 6.81. The van der Waals surface area contributed by atoms with Crippen molar-refractivity contribution in [3.05, 3.63) is 84.4 Å². The van der Waals surface area contributed by atoms with Gasteiger partial charge in [0.2, 0.25) is 0 Å². The van der Waals surface area contributed by atoms with E-state index in [1.165, 1.54) is 0 Å². The number of Topliss-reactive ketones (excluding diaryl/α,β-unsaturated/α-hetero) is 1. The summed E-state index contributed by atoms with van der Waals surface area (Å²) >= 11 is 0. The van der Waals surface area contributed by atoms with E-state index >= 15 is 0 Å². The molecule has 0 atom stereocenters. The van der Waals surface area contributed by atoms with Gasteiger partial charge in [-0.15, -0.1) is 0 Å². The van der Waals surface area contributed by atoms with Crippen molar-refractivity contribution in [3.63, 3.8) is 0 Å². The van der Waals surface area contributed by atoms with E-state index in [1.54, 1.807) is 25.3 Å². The van der Waals surface area contributed by atoms with Gasteiger partial charge in [-0.3, -0.25) is 4.79 Å². The van der Waals surface area contributed by atoms with Gasteiger partial charge in [0.15, 0.2) is 19.0 Å². The standard InChI is InChI=1S/C25H20O5/c1-28-22-10-9-19-12-21(7-6-20(19)13-22)24(26)15-30-25(27)16-29-23-11-8-17-4-2-3-5-18(17)14-23/h2-14H,15-16H2,1H3. The van der Waals surface area contributed by atoms with Gasteiger partial charge < -0.3 is 14.2 Å². The summed E-state index contributed by atoms with van der Waals surface area (Å²) in [6.07, 6.45) is 0. The van der Waals surface area contributed by atoms with Crippen molar-refractivity contribution in [1.29, 1.82) is 0 Å². The van der Waals surface area contributed by atoms with Crippen LogP contribution in [0.1, 0.15) is 10.4 Å². The normalized spacial score (nSPS) is 10.7. The van der Waals surface area contributed by atoms with Gasteiger partial charge in [0.1, 0.15) is 11.5 Å². The minimum Gasteiger partial charge on any atom is -0.497 e. The van der Waals surface area contributed by atoms with E-state index in [9.17, 15) is 9.59 Å². The van der Waals surface area contributed by atoms with E-state index in [2.05, 4.69) is 0 Å². The molecule has 0 aromatic heterocycles. The molecule has 0 aliphatic carbocycles. The average Bonchev–Trinajstić information content (AvgIpc) is 2.80. The lowest BCUT2D eigenvalue weighted by Gasteiger charge is -2.08. The second-order valence-corrected chi connectivity index (χ2v) is 6.81. The molecule has 0 saturated carbocycles. The van der Waals surface area contributed by atoms with Gasteiger partial charge in [-0.25, -0.2) is 4.79 Å². The third-order valence-corrected chi connectivity index (χ3v) is 4.81. The molecule has 4 aromatic rings. The van der Waals surface area contributed by atoms with Crippen LogP contribution >= 0.6 is 0 Å². The zero-order valence-corrected chi connectivity index (χ0v) is 16.5. The Labute approximate surface area is 173 Å². The van der Waals surface area contributed by atoms with Gasteiger partial charge in [-0.1, -0.05) is 48.5 Å². The lowest BCUT2D eigenvalue weighted by atomic mass is 10.0. The van der Waals surface area contributed by atoms with Crippen molar-refractivity contribution in [2.75, 3.05) is 20.3 Å².